The zero-order chi connectivity index (χ0) is 14.8. The topological polar surface area (TPSA) is 74.7 Å². The highest BCUT2D eigenvalue weighted by molar-refractivity contribution is 5.55. The van der Waals surface area contributed by atoms with Gasteiger partial charge in [0.1, 0.15) is 17.6 Å². The molecule has 0 aromatic carbocycles. The van der Waals surface area contributed by atoms with Crippen LogP contribution in [0.3, 0.4) is 0 Å². The van der Waals surface area contributed by atoms with E-state index >= 15 is 0 Å². The van der Waals surface area contributed by atoms with Gasteiger partial charge in [-0.25, -0.2) is 4.98 Å². The van der Waals surface area contributed by atoms with Crippen molar-refractivity contribution in [3.63, 3.8) is 0 Å². The normalized spacial score (nSPS) is 13.6. The molecule has 0 bridgehead atoms. The SMILES string of the molecule is Cc1noc(C)c1CNc1nc2c(cc1C#N)CCCC2. The van der Waals surface area contributed by atoms with Gasteiger partial charge < -0.3 is 9.84 Å². The van der Waals surface area contributed by atoms with Gasteiger partial charge in [-0.2, -0.15) is 5.26 Å². The van der Waals surface area contributed by atoms with Crippen molar-refractivity contribution in [3.8, 4) is 6.07 Å². The van der Waals surface area contributed by atoms with E-state index in [1.807, 2.05) is 19.9 Å². The summed E-state index contributed by atoms with van der Waals surface area (Å²) in [5, 5.41) is 16.5. The molecule has 0 spiro atoms. The molecule has 108 valence electrons. The smallest absolute Gasteiger partial charge is 0.144 e. The molecule has 0 unspecified atom stereocenters. The molecule has 3 rings (SSSR count). The molecule has 5 heteroatoms. The number of aryl methyl sites for hydroxylation is 4. The summed E-state index contributed by atoms with van der Waals surface area (Å²) >= 11 is 0. The quantitative estimate of drug-likeness (QED) is 0.936. The van der Waals surface area contributed by atoms with Crippen LogP contribution in [0.2, 0.25) is 0 Å². The van der Waals surface area contributed by atoms with Crippen molar-refractivity contribution < 1.29 is 4.52 Å². The number of nitriles is 1. The van der Waals surface area contributed by atoms with Gasteiger partial charge in [0.25, 0.3) is 0 Å². The number of anilines is 1. The van der Waals surface area contributed by atoms with Gasteiger partial charge in [-0.15, -0.1) is 0 Å². The lowest BCUT2D eigenvalue weighted by molar-refractivity contribution is 0.392. The van der Waals surface area contributed by atoms with Crippen molar-refractivity contribution in [1.29, 1.82) is 5.26 Å². The molecular weight excluding hydrogens is 264 g/mol. The number of pyridine rings is 1. The second kappa shape index (κ2) is 5.57. The summed E-state index contributed by atoms with van der Waals surface area (Å²) in [5.41, 5.74) is 4.86. The zero-order valence-electron chi connectivity index (χ0n) is 12.4. The summed E-state index contributed by atoms with van der Waals surface area (Å²) in [5.74, 6) is 1.47. The minimum Gasteiger partial charge on any atom is -0.365 e. The fraction of sp³-hybridized carbons (Fsp3) is 0.438. The van der Waals surface area contributed by atoms with Crippen molar-refractivity contribution in [2.45, 2.75) is 46.1 Å². The maximum absolute atomic E-state index is 9.33. The number of hydrogen-bond acceptors (Lipinski definition) is 5. The molecule has 2 heterocycles. The zero-order valence-corrected chi connectivity index (χ0v) is 12.4. The van der Waals surface area contributed by atoms with E-state index in [1.165, 1.54) is 18.4 Å². The predicted molar refractivity (Wildman–Crippen MR) is 78.9 cm³/mol. The molecule has 1 aliphatic carbocycles. The van der Waals surface area contributed by atoms with Crippen LogP contribution in [0.4, 0.5) is 5.82 Å². The summed E-state index contributed by atoms with van der Waals surface area (Å²) in [7, 11) is 0. The summed E-state index contributed by atoms with van der Waals surface area (Å²) in [4.78, 5) is 4.66. The molecular formula is C16H18N4O. The van der Waals surface area contributed by atoms with Crippen LogP contribution in [0.1, 0.15) is 46.7 Å². The molecule has 0 atom stereocenters. The summed E-state index contributed by atoms with van der Waals surface area (Å²) < 4.78 is 5.16. The van der Waals surface area contributed by atoms with Gasteiger partial charge in [0.05, 0.1) is 11.3 Å². The second-order valence-corrected chi connectivity index (χ2v) is 5.47. The fourth-order valence-corrected chi connectivity index (χ4v) is 2.78. The third-order valence-corrected chi connectivity index (χ3v) is 4.04. The van der Waals surface area contributed by atoms with Crippen LogP contribution in [0.15, 0.2) is 10.6 Å². The second-order valence-electron chi connectivity index (χ2n) is 5.47. The Labute approximate surface area is 124 Å². The van der Waals surface area contributed by atoms with Crippen molar-refractivity contribution in [2.24, 2.45) is 0 Å². The van der Waals surface area contributed by atoms with Crippen molar-refractivity contribution in [2.75, 3.05) is 5.32 Å². The Hall–Kier alpha value is -2.35. The molecule has 0 aliphatic heterocycles. The van der Waals surface area contributed by atoms with Gasteiger partial charge >= 0.3 is 0 Å². The monoisotopic (exact) mass is 282 g/mol. The Morgan fingerprint density at radius 3 is 2.86 bits per heavy atom. The van der Waals surface area contributed by atoms with E-state index in [1.54, 1.807) is 0 Å². The largest absolute Gasteiger partial charge is 0.365 e. The molecule has 21 heavy (non-hydrogen) atoms. The maximum Gasteiger partial charge on any atom is 0.144 e. The average molecular weight is 282 g/mol. The van der Waals surface area contributed by atoms with Gasteiger partial charge in [0.2, 0.25) is 0 Å². The highest BCUT2D eigenvalue weighted by atomic mass is 16.5. The van der Waals surface area contributed by atoms with E-state index in [0.29, 0.717) is 17.9 Å². The number of nitrogens with zero attached hydrogens (tertiary/aromatic N) is 3. The van der Waals surface area contributed by atoms with Gasteiger partial charge in [-0.05, 0) is 51.2 Å². The van der Waals surface area contributed by atoms with Gasteiger partial charge in [0, 0.05) is 17.8 Å². The van der Waals surface area contributed by atoms with Crippen molar-refractivity contribution in [1.82, 2.24) is 10.1 Å². The number of nitrogens with one attached hydrogen (secondary N) is 1. The number of hydrogen-bond donors (Lipinski definition) is 1. The first-order valence-corrected chi connectivity index (χ1v) is 7.27. The summed E-state index contributed by atoms with van der Waals surface area (Å²) in [6.07, 6.45) is 4.39. The number of aromatic nitrogens is 2. The van der Waals surface area contributed by atoms with E-state index < -0.39 is 0 Å². The Morgan fingerprint density at radius 2 is 2.14 bits per heavy atom. The summed E-state index contributed by atoms with van der Waals surface area (Å²) in [6, 6.07) is 4.22. The van der Waals surface area contributed by atoms with Crippen LogP contribution in [-0.4, -0.2) is 10.1 Å². The fourth-order valence-electron chi connectivity index (χ4n) is 2.78. The Morgan fingerprint density at radius 1 is 1.33 bits per heavy atom. The molecule has 0 saturated heterocycles. The standard InChI is InChI=1S/C16H18N4O/c1-10-14(11(2)21-20-10)9-18-16-13(8-17)7-12-5-3-4-6-15(12)19-16/h7H,3-6,9H2,1-2H3,(H,18,19). The number of fused-ring (bicyclic) bond motifs is 1. The van der Waals surface area contributed by atoms with Crippen LogP contribution in [0.25, 0.3) is 0 Å². The molecule has 0 amide bonds. The molecule has 2 aromatic heterocycles. The van der Waals surface area contributed by atoms with E-state index in [4.69, 9.17) is 4.52 Å². The Kier molecular flexibility index (Phi) is 3.61. The van der Waals surface area contributed by atoms with Gasteiger partial charge in [0.15, 0.2) is 0 Å². The lowest BCUT2D eigenvalue weighted by Gasteiger charge is -2.17. The molecule has 1 aliphatic rings. The average Bonchev–Trinajstić information content (AvgIpc) is 2.83. The predicted octanol–water partition coefficient (Wildman–Crippen LogP) is 3.05. The molecule has 2 aromatic rings. The first-order valence-electron chi connectivity index (χ1n) is 7.27. The highest BCUT2D eigenvalue weighted by Gasteiger charge is 2.16. The minimum absolute atomic E-state index is 0.571. The van der Waals surface area contributed by atoms with Crippen LogP contribution >= 0.6 is 0 Å². The maximum atomic E-state index is 9.33. The molecule has 0 radical (unpaired) electrons. The lowest BCUT2D eigenvalue weighted by atomic mass is 9.95. The van der Waals surface area contributed by atoms with Crippen LogP contribution in [0, 0.1) is 25.2 Å². The third kappa shape index (κ3) is 2.62. The van der Waals surface area contributed by atoms with Gasteiger partial charge in [-0.3, -0.25) is 0 Å². The highest BCUT2D eigenvalue weighted by Crippen LogP contribution is 2.25. The lowest BCUT2D eigenvalue weighted by Crippen LogP contribution is -2.11. The van der Waals surface area contributed by atoms with Crippen LogP contribution < -0.4 is 5.32 Å². The van der Waals surface area contributed by atoms with E-state index in [2.05, 4.69) is 21.5 Å². The molecule has 0 saturated carbocycles. The summed E-state index contributed by atoms with van der Waals surface area (Å²) in [6.45, 7) is 4.38. The molecule has 0 fully saturated rings. The van der Waals surface area contributed by atoms with Gasteiger partial charge in [-0.1, -0.05) is 5.16 Å². The number of rotatable bonds is 3. The first kappa shape index (κ1) is 13.6. The van der Waals surface area contributed by atoms with Crippen molar-refractivity contribution in [3.05, 3.63) is 39.9 Å². The molecule has 1 N–H and O–H groups in total. The Bertz CT molecular complexity index is 692. The minimum atomic E-state index is 0.571. The van der Waals surface area contributed by atoms with E-state index in [9.17, 15) is 5.26 Å². The van der Waals surface area contributed by atoms with Crippen LogP contribution in [-0.2, 0) is 19.4 Å². The van der Waals surface area contributed by atoms with E-state index in [-0.39, 0.29) is 0 Å². The molecule has 5 nitrogen and oxygen atoms in total. The third-order valence-electron chi connectivity index (χ3n) is 4.04. The first-order chi connectivity index (χ1) is 10.2. The van der Waals surface area contributed by atoms with E-state index in [0.717, 1.165) is 35.6 Å². The Balaban J connectivity index is 1.86. The van der Waals surface area contributed by atoms with Crippen molar-refractivity contribution >= 4 is 5.82 Å². The van der Waals surface area contributed by atoms with Crippen LogP contribution in [0.5, 0.6) is 0 Å².